The first-order valence-electron chi connectivity index (χ1n) is 9.65. The van der Waals surface area contributed by atoms with Gasteiger partial charge in [-0.05, 0) is 56.5 Å². The van der Waals surface area contributed by atoms with E-state index in [1.54, 1.807) is 0 Å². The topological polar surface area (TPSA) is 35.7 Å². The van der Waals surface area contributed by atoms with Gasteiger partial charge in [-0.2, -0.15) is 0 Å². The van der Waals surface area contributed by atoms with E-state index >= 15 is 0 Å². The molecule has 0 spiro atoms. The van der Waals surface area contributed by atoms with Crippen LogP contribution in [0.2, 0.25) is 0 Å². The molecule has 4 nitrogen and oxygen atoms in total. The first-order valence-corrected chi connectivity index (χ1v) is 9.65. The minimum absolute atomic E-state index is 0.777. The average Bonchev–Trinajstić information content (AvgIpc) is 2.58. The molecule has 1 aromatic rings. The number of rotatable bonds is 4. The number of piperidine rings is 1. The van der Waals surface area contributed by atoms with E-state index in [2.05, 4.69) is 47.7 Å². The molecule has 0 atom stereocenters. The fourth-order valence-corrected chi connectivity index (χ4v) is 4.25. The van der Waals surface area contributed by atoms with Gasteiger partial charge in [-0.15, -0.1) is 0 Å². The third-order valence-corrected chi connectivity index (χ3v) is 5.84. The molecular weight excluding hydrogens is 296 g/mol. The highest BCUT2D eigenvalue weighted by Crippen LogP contribution is 2.30. The van der Waals surface area contributed by atoms with Gasteiger partial charge in [0.2, 0.25) is 0 Å². The normalized spacial score (nSPS) is 21.4. The highest BCUT2D eigenvalue weighted by molar-refractivity contribution is 5.63. The van der Waals surface area contributed by atoms with Crippen molar-refractivity contribution >= 4 is 11.4 Å². The molecule has 2 aliphatic heterocycles. The predicted molar refractivity (Wildman–Crippen MR) is 104 cm³/mol. The van der Waals surface area contributed by atoms with Crippen molar-refractivity contribution in [1.82, 2.24) is 9.80 Å². The molecule has 2 N–H and O–H groups in total. The SMILES string of the molecule is CCCc1cc(N2CCC(N3CCN(C)CC3)CC2)c(C)cc1N. The monoisotopic (exact) mass is 330 g/mol. The summed E-state index contributed by atoms with van der Waals surface area (Å²) in [6.07, 6.45) is 4.81. The van der Waals surface area contributed by atoms with Crippen molar-refractivity contribution in [2.45, 2.75) is 45.6 Å². The van der Waals surface area contributed by atoms with Gasteiger partial charge in [0.15, 0.2) is 0 Å². The summed E-state index contributed by atoms with van der Waals surface area (Å²) < 4.78 is 0. The molecular formula is C20H34N4. The van der Waals surface area contributed by atoms with E-state index in [-0.39, 0.29) is 0 Å². The maximum Gasteiger partial charge on any atom is 0.0400 e. The minimum atomic E-state index is 0.777. The Morgan fingerprint density at radius 1 is 1.04 bits per heavy atom. The molecule has 0 bridgehead atoms. The maximum atomic E-state index is 6.21. The van der Waals surface area contributed by atoms with Gasteiger partial charge in [-0.25, -0.2) is 0 Å². The number of aryl methyl sites for hydroxylation is 2. The summed E-state index contributed by atoms with van der Waals surface area (Å²) in [4.78, 5) is 7.74. The van der Waals surface area contributed by atoms with Crippen LogP contribution in [0.15, 0.2) is 12.1 Å². The minimum Gasteiger partial charge on any atom is -0.398 e. The Morgan fingerprint density at radius 2 is 1.71 bits per heavy atom. The second-order valence-electron chi connectivity index (χ2n) is 7.64. The molecule has 0 unspecified atom stereocenters. The van der Waals surface area contributed by atoms with E-state index in [1.807, 2.05) is 0 Å². The Labute approximate surface area is 147 Å². The summed E-state index contributed by atoms with van der Waals surface area (Å²) in [5.74, 6) is 0. The van der Waals surface area contributed by atoms with Crippen LogP contribution in [0.5, 0.6) is 0 Å². The Kier molecular flexibility index (Phi) is 5.67. The van der Waals surface area contributed by atoms with Crippen molar-refractivity contribution in [3.8, 4) is 0 Å². The van der Waals surface area contributed by atoms with Crippen molar-refractivity contribution in [2.24, 2.45) is 0 Å². The predicted octanol–water partition coefficient (Wildman–Crippen LogP) is 2.75. The molecule has 0 aliphatic carbocycles. The van der Waals surface area contributed by atoms with Gasteiger partial charge >= 0.3 is 0 Å². The molecule has 24 heavy (non-hydrogen) atoms. The lowest BCUT2D eigenvalue weighted by Crippen LogP contribution is -2.52. The smallest absolute Gasteiger partial charge is 0.0400 e. The molecule has 3 rings (SSSR count). The zero-order valence-corrected chi connectivity index (χ0v) is 15.7. The van der Waals surface area contributed by atoms with Crippen molar-refractivity contribution in [2.75, 3.05) is 56.9 Å². The van der Waals surface area contributed by atoms with Crippen molar-refractivity contribution < 1.29 is 0 Å². The third kappa shape index (κ3) is 3.86. The lowest BCUT2D eigenvalue weighted by Gasteiger charge is -2.43. The van der Waals surface area contributed by atoms with E-state index < -0.39 is 0 Å². The number of hydrogen-bond donors (Lipinski definition) is 1. The maximum absolute atomic E-state index is 6.21. The second kappa shape index (κ2) is 7.75. The van der Waals surface area contributed by atoms with E-state index in [4.69, 9.17) is 5.73 Å². The molecule has 2 fully saturated rings. The van der Waals surface area contributed by atoms with Gasteiger partial charge in [-0.3, -0.25) is 4.90 Å². The van der Waals surface area contributed by atoms with Gasteiger partial charge in [0.05, 0.1) is 0 Å². The van der Waals surface area contributed by atoms with Crippen LogP contribution in [0, 0.1) is 6.92 Å². The van der Waals surface area contributed by atoms with Crippen LogP contribution in [0.3, 0.4) is 0 Å². The standard InChI is InChI=1S/C20H34N4/c1-4-5-17-15-20(16(2)14-19(17)21)24-8-6-18(7-9-24)23-12-10-22(3)11-13-23/h14-15,18H,4-13,21H2,1-3H3. The summed E-state index contributed by atoms with van der Waals surface area (Å²) in [7, 11) is 2.23. The van der Waals surface area contributed by atoms with Crippen LogP contribution in [0.25, 0.3) is 0 Å². The molecule has 2 heterocycles. The number of nitrogen functional groups attached to an aromatic ring is 1. The summed E-state index contributed by atoms with van der Waals surface area (Å²) in [5, 5.41) is 0. The van der Waals surface area contributed by atoms with Crippen molar-refractivity contribution in [3.05, 3.63) is 23.3 Å². The van der Waals surface area contributed by atoms with Gasteiger partial charge in [0, 0.05) is 56.7 Å². The third-order valence-electron chi connectivity index (χ3n) is 5.84. The molecule has 4 heteroatoms. The van der Waals surface area contributed by atoms with Crippen LogP contribution in [0.4, 0.5) is 11.4 Å². The Morgan fingerprint density at radius 3 is 2.33 bits per heavy atom. The molecule has 2 aliphatic rings. The van der Waals surface area contributed by atoms with Gasteiger partial charge in [0.1, 0.15) is 0 Å². The Balaban J connectivity index is 1.63. The van der Waals surface area contributed by atoms with E-state index in [1.165, 1.54) is 68.9 Å². The van der Waals surface area contributed by atoms with Crippen molar-refractivity contribution in [1.29, 1.82) is 0 Å². The number of likely N-dealkylation sites (N-methyl/N-ethyl adjacent to an activating group) is 1. The second-order valence-corrected chi connectivity index (χ2v) is 7.64. The average molecular weight is 331 g/mol. The van der Waals surface area contributed by atoms with Crippen LogP contribution in [-0.4, -0.2) is 62.2 Å². The van der Waals surface area contributed by atoms with Gasteiger partial charge < -0.3 is 15.5 Å². The number of nitrogens with zero attached hydrogens (tertiary/aromatic N) is 3. The summed E-state index contributed by atoms with van der Waals surface area (Å²) >= 11 is 0. The number of benzene rings is 1. The molecule has 2 saturated heterocycles. The lowest BCUT2D eigenvalue weighted by atomic mass is 9.98. The highest BCUT2D eigenvalue weighted by Gasteiger charge is 2.27. The summed E-state index contributed by atoms with van der Waals surface area (Å²) in [6, 6.07) is 5.30. The van der Waals surface area contributed by atoms with Gasteiger partial charge in [0.25, 0.3) is 0 Å². The largest absolute Gasteiger partial charge is 0.398 e. The zero-order chi connectivity index (χ0) is 17.1. The van der Waals surface area contributed by atoms with Gasteiger partial charge in [-0.1, -0.05) is 13.3 Å². The van der Waals surface area contributed by atoms with Crippen molar-refractivity contribution in [3.63, 3.8) is 0 Å². The number of hydrogen-bond acceptors (Lipinski definition) is 4. The summed E-state index contributed by atoms with van der Waals surface area (Å²) in [5.41, 5.74) is 11.2. The Bertz CT molecular complexity index is 541. The summed E-state index contributed by atoms with van der Waals surface area (Å²) in [6.45, 7) is 11.7. The first-order chi connectivity index (χ1) is 11.6. The van der Waals surface area contributed by atoms with Crippen LogP contribution in [0.1, 0.15) is 37.3 Å². The number of nitrogens with two attached hydrogens (primary N) is 1. The molecule has 134 valence electrons. The lowest BCUT2D eigenvalue weighted by molar-refractivity contribution is 0.0982. The number of anilines is 2. The molecule has 0 aromatic heterocycles. The zero-order valence-electron chi connectivity index (χ0n) is 15.7. The fourth-order valence-electron chi connectivity index (χ4n) is 4.25. The van der Waals surface area contributed by atoms with Crippen LogP contribution >= 0.6 is 0 Å². The fraction of sp³-hybridized carbons (Fsp3) is 0.700. The first kappa shape index (κ1) is 17.6. The highest BCUT2D eigenvalue weighted by atomic mass is 15.3. The number of piperazine rings is 1. The van der Waals surface area contributed by atoms with E-state index in [0.29, 0.717) is 0 Å². The van der Waals surface area contributed by atoms with Crippen LogP contribution in [-0.2, 0) is 6.42 Å². The van der Waals surface area contributed by atoms with Crippen LogP contribution < -0.4 is 10.6 Å². The van der Waals surface area contributed by atoms with E-state index in [9.17, 15) is 0 Å². The molecule has 0 amide bonds. The van der Waals surface area contributed by atoms with E-state index in [0.717, 1.165) is 24.6 Å². The Hall–Kier alpha value is -1.26. The molecule has 0 saturated carbocycles. The quantitative estimate of drug-likeness (QED) is 0.861. The molecule has 1 aromatic carbocycles. The molecule has 0 radical (unpaired) electrons.